The van der Waals surface area contributed by atoms with Crippen molar-refractivity contribution < 1.29 is 38.3 Å². The van der Waals surface area contributed by atoms with Gasteiger partial charge in [-0.15, -0.1) is 0 Å². The highest BCUT2D eigenvalue weighted by Crippen LogP contribution is 2.28. The molecule has 0 bridgehead atoms. The third-order valence-electron chi connectivity index (χ3n) is 5.50. The summed E-state index contributed by atoms with van der Waals surface area (Å²) in [5.74, 6) is -2.40. The molecule has 1 saturated heterocycles. The van der Waals surface area contributed by atoms with Crippen molar-refractivity contribution >= 4 is 35.1 Å². The Kier molecular flexibility index (Phi) is 7.89. The smallest absolute Gasteiger partial charge is 0.337 e. The Hall–Kier alpha value is -4.16. The minimum Gasteiger partial charge on any atom is -0.465 e. The van der Waals surface area contributed by atoms with Gasteiger partial charge in [-0.1, -0.05) is 0 Å². The van der Waals surface area contributed by atoms with E-state index in [4.69, 9.17) is 9.47 Å². The summed E-state index contributed by atoms with van der Waals surface area (Å²) in [7, 11) is 3.96. The van der Waals surface area contributed by atoms with E-state index in [0.717, 1.165) is 9.80 Å². The summed E-state index contributed by atoms with van der Waals surface area (Å²) in [6, 6.07) is 9.41. The van der Waals surface area contributed by atoms with Crippen LogP contribution in [0.15, 0.2) is 48.5 Å². The Bertz CT molecular complexity index is 1130. The molecule has 0 saturated carbocycles. The summed E-state index contributed by atoms with van der Waals surface area (Å²) < 4.78 is 15.0. The molecule has 0 spiro atoms. The van der Waals surface area contributed by atoms with Gasteiger partial charge in [-0.3, -0.25) is 24.5 Å². The number of esters is 1. The Balaban J connectivity index is 1.92. The number of carbonyl (C=O) groups is 4. The number of imide groups is 1. The van der Waals surface area contributed by atoms with E-state index >= 15 is 0 Å². The van der Waals surface area contributed by atoms with Gasteiger partial charge in [0, 0.05) is 31.9 Å². The number of rotatable bonds is 9. The Labute approximate surface area is 200 Å². The molecule has 1 unspecified atom stereocenters. The number of hydrogen-bond donors (Lipinski definition) is 0. The summed E-state index contributed by atoms with van der Waals surface area (Å²) in [6.07, 6.45) is -1.19. The predicted octanol–water partition coefficient (Wildman–Crippen LogP) is 1.77. The lowest BCUT2D eigenvalue weighted by Gasteiger charge is -2.30. The summed E-state index contributed by atoms with van der Waals surface area (Å²) in [4.78, 5) is 63.6. The maximum Gasteiger partial charge on any atom is 0.337 e. The van der Waals surface area contributed by atoms with Gasteiger partial charge in [0.2, 0.25) is 5.91 Å². The van der Waals surface area contributed by atoms with Crippen molar-refractivity contribution in [2.24, 2.45) is 0 Å². The number of non-ortho nitro benzene ring substituents is 1. The van der Waals surface area contributed by atoms with Gasteiger partial charge in [-0.25, -0.2) is 9.69 Å². The lowest BCUT2D eigenvalue weighted by atomic mass is 10.1. The standard InChI is InChI=1S/C23H23N3O9/c1-33-20(34-2)13-24(21(28)14-4-10-17(11-5-14)26(31)32)18-12-19(27)25(22(18)29)16-8-6-15(7-9-16)23(30)35-3/h4-11,18,20H,12-13H2,1-3H3. The topological polar surface area (TPSA) is 146 Å². The third kappa shape index (κ3) is 5.34. The van der Waals surface area contributed by atoms with Crippen molar-refractivity contribution in [3.8, 4) is 0 Å². The summed E-state index contributed by atoms with van der Waals surface area (Å²) in [5, 5.41) is 10.9. The van der Waals surface area contributed by atoms with E-state index in [0.29, 0.717) is 0 Å². The second kappa shape index (κ2) is 10.8. The molecule has 2 aromatic carbocycles. The molecule has 0 radical (unpaired) electrons. The molecule has 3 amide bonds. The predicted molar refractivity (Wildman–Crippen MR) is 121 cm³/mol. The fourth-order valence-corrected chi connectivity index (χ4v) is 3.64. The Morgan fingerprint density at radius 2 is 1.60 bits per heavy atom. The van der Waals surface area contributed by atoms with Gasteiger partial charge in [0.1, 0.15) is 6.04 Å². The normalized spacial score (nSPS) is 15.4. The highest BCUT2D eigenvalue weighted by molar-refractivity contribution is 6.23. The van der Waals surface area contributed by atoms with Gasteiger partial charge >= 0.3 is 5.97 Å². The second-order valence-corrected chi connectivity index (χ2v) is 7.49. The molecule has 1 aliphatic heterocycles. The molecule has 1 atom stereocenters. The van der Waals surface area contributed by atoms with Gasteiger partial charge in [-0.2, -0.15) is 0 Å². The average Bonchev–Trinajstić information content (AvgIpc) is 3.17. The molecule has 1 aliphatic rings. The SMILES string of the molecule is COC(=O)c1ccc(N2C(=O)CC(N(CC(OC)OC)C(=O)c3ccc([N+](=O)[O-])cc3)C2=O)cc1. The zero-order valence-corrected chi connectivity index (χ0v) is 19.2. The minimum atomic E-state index is -1.17. The number of hydrogen-bond acceptors (Lipinski definition) is 9. The number of anilines is 1. The largest absolute Gasteiger partial charge is 0.465 e. The molecule has 1 heterocycles. The fraction of sp³-hybridized carbons (Fsp3) is 0.304. The Morgan fingerprint density at radius 1 is 1.03 bits per heavy atom. The number of methoxy groups -OCH3 is 3. The molecule has 2 aromatic rings. The van der Waals surface area contributed by atoms with Crippen molar-refractivity contribution in [1.82, 2.24) is 4.90 Å². The molecular weight excluding hydrogens is 462 g/mol. The highest BCUT2D eigenvalue weighted by atomic mass is 16.7. The first-order chi connectivity index (χ1) is 16.7. The first-order valence-corrected chi connectivity index (χ1v) is 10.4. The monoisotopic (exact) mass is 485 g/mol. The summed E-state index contributed by atoms with van der Waals surface area (Å²) >= 11 is 0. The number of nitro benzene ring substituents is 1. The van der Waals surface area contributed by atoms with Crippen LogP contribution in [0.2, 0.25) is 0 Å². The van der Waals surface area contributed by atoms with Crippen LogP contribution in [0.1, 0.15) is 27.1 Å². The van der Waals surface area contributed by atoms with Crippen LogP contribution in [-0.4, -0.2) is 73.7 Å². The van der Waals surface area contributed by atoms with Gasteiger partial charge in [0.15, 0.2) is 6.29 Å². The molecule has 1 fully saturated rings. The number of ether oxygens (including phenoxy) is 3. The molecule has 3 rings (SSSR count). The second-order valence-electron chi connectivity index (χ2n) is 7.49. The van der Waals surface area contributed by atoms with Crippen molar-refractivity contribution in [3.63, 3.8) is 0 Å². The van der Waals surface area contributed by atoms with E-state index in [1.165, 1.54) is 69.9 Å². The lowest BCUT2D eigenvalue weighted by molar-refractivity contribution is -0.384. The molecule has 35 heavy (non-hydrogen) atoms. The van der Waals surface area contributed by atoms with Crippen molar-refractivity contribution in [1.29, 1.82) is 0 Å². The zero-order chi connectivity index (χ0) is 25.7. The van der Waals surface area contributed by atoms with Crippen LogP contribution in [0.25, 0.3) is 0 Å². The van der Waals surface area contributed by atoms with Gasteiger partial charge in [0.25, 0.3) is 17.5 Å². The fourth-order valence-electron chi connectivity index (χ4n) is 3.64. The molecule has 0 N–H and O–H groups in total. The van der Waals surface area contributed by atoms with Crippen LogP contribution in [0.4, 0.5) is 11.4 Å². The molecule has 12 heteroatoms. The lowest BCUT2D eigenvalue weighted by Crippen LogP contribution is -2.49. The molecule has 0 aromatic heterocycles. The van der Waals surface area contributed by atoms with Gasteiger partial charge in [0.05, 0.1) is 36.2 Å². The minimum absolute atomic E-state index is 0.0858. The van der Waals surface area contributed by atoms with E-state index in [1.807, 2.05) is 0 Å². The number of nitrogens with zero attached hydrogens (tertiary/aromatic N) is 3. The van der Waals surface area contributed by atoms with E-state index in [2.05, 4.69) is 4.74 Å². The molecule has 0 aliphatic carbocycles. The van der Waals surface area contributed by atoms with Crippen LogP contribution in [0, 0.1) is 10.1 Å². The number of carbonyl (C=O) groups excluding carboxylic acids is 4. The summed E-state index contributed by atoms with van der Waals surface area (Å²) in [5.41, 5.74) is 0.356. The van der Waals surface area contributed by atoms with Crippen LogP contribution >= 0.6 is 0 Å². The number of nitro groups is 1. The maximum absolute atomic E-state index is 13.3. The zero-order valence-electron chi connectivity index (χ0n) is 19.2. The average molecular weight is 485 g/mol. The molecular formula is C23H23N3O9. The van der Waals surface area contributed by atoms with E-state index in [-0.39, 0.29) is 35.5 Å². The van der Waals surface area contributed by atoms with Crippen molar-refractivity contribution in [3.05, 3.63) is 69.8 Å². The first-order valence-electron chi connectivity index (χ1n) is 10.4. The number of benzene rings is 2. The quantitative estimate of drug-likeness (QED) is 0.170. The van der Waals surface area contributed by atoms with Crippen molar-refractivity contribution in [2.75, 3.05) is 32.8 Å². The van der Waals surface area contributed by atoms with Crippen LogP contribution in [-0.2, 0) is 23.8 Å². The highest BCUT2D eigenvalue weighted by Gasteiger charge is 2.45. The van der Waals surface area contributed by atoms with Crippen LogP contribution < -0.4 is 4.90 Å². The summed E-state index contributed by atoms with van der Waals surface area (Å²) in [6.45, 7) is -0.179. The van der Waals surface area contributed by atoms with E-state index in [9.17, 15) is 29.3 Å². The first kappa shape index (κ1) is 25.5. The third-order valence-corrected chi connectivity index (χ3v) is 5.50. The molecule has 12 nitrogen and oxygen atoms in total. The van der Waals surface area contributed by atoms with E-state index in [1.54, 1.807) is 0 Å². The van der Waals surface area contributed by atoms with Gasteiger partial charge in [-0.05, 0) is 36.4 Å². The van der Waals surface area contributed by atoms with Crippen molar-refractivity contribution in [2.45, 2.75) is 18.8 Å². The Morgan fingerprint density at radius 3 is 2.11 bits per heavy atom. The van der Waals surface area contributed by atoms with E-state index < -0.39 is 40.9 Å². The van der Waals surface area contributed by atoms with Crippen LogP contribution in [0.3, 0.4) is 0 Å². The molecule has 184 valence electrons. The van der Waals surface area contributed by atoms with Gasteiger partial charge < -0.3 is 19.1 Å². The maximum atomic E-state index is 13.3. The van der Waals surface area contributed by atoms with Crippen LogP contribution in [0.5, 0.6) is 0 Å². The number of amides is 3.